The summed E-state index contributed by atoms with van der Waals surface area (Å²) in [5.74, 6) is 0. The molecule has 1 N–H and O–H groups in total. The van der Waals surface area contributed by atoms with Crippen molar-refractivity contribution in [2.24, 2.45) is 0 Å². The van der Waals surface area contributed by atoms with Crippen molar-refractivity contribution in [3.63, 3.8) is 0 Å². The fourth-order valence-electron chi connectivity index (χ4n) is 1.19. The Kier molecular flexibility index (Phi) is 3.58. The molecule has 1 aromatic heterocycles. The van der Waals surface area contributed by atoms with E-state index < -0.39 is 0 Å². The summed E-state index contributed by atoms with van der Waals surface area (Å²) in [4.78, 5) is 0. The topological polar surface area (TPSA) is 25.2 Å². The smallest absolute Gasteiger partial charge is 0.0802 e. The lowest BCUT2D eigenvalue weighted by Crippen LogP contribution is -1.95. The summed E-state index contributed by atoms with van der Waals surface area (Å²) in [5, 5.41) is 10.1. The number of aliphatic hydroxyl groups is 1. The van der Waals surface area contributed by atoms with Crippen molar-refractivity contribution < 1.29 is 5.11 Å². The van der Waals surface area contributed by atoms with Gasteiger partial charge in [0.15, 0.2) is 0 Å². The van der Waals surface area contributed by atoms with Crippen molar-refractivity contribution in [1.29, 1.82) is 0 Å². The first kappa shape index (κ1) is 10.4. The van der Waals surface area contributed by atoms with E-state index in [2.05, 4.69) is 6.58 Å². The second-order valence-corrected chi connectivity index (χ2v) is 3.59. The Morgan fingerprint density at radius 3 is 3.00 bits per heavy atom. The molecule has 72 valence electrons. The van der Waals surface area contributed by atoms with Crippen molar-refractivity contribution in [3.8, 4) is 0 Å². The van der Waals surface area contributed by atoms with E-state index in [1.807, 2.05) is 30.0 Å². The molecule has 0 aliphatic rings. The lowest BCUT2D eigenvalue weighted by molar-refractivity contribution is 0.173. The molecule has 3 heteroatoms. The normalized spacial score (nSPS) is 12.8. The first-order chi connectivity index (χ1) is 6.13. The molecule has 0 spiro atoms. The van der Waals surface area contributed by atoms with Crippen LogP contribution in [0.5, 0.6) is 0 Å². The minimum atomic E-state index is -0.371. The average Bonchev–Trinajstić information content (AvgIpc) is 2.50. The zero-order chi connectivity index (χ0) is 9.84. The lowest BCUT2D eigenvalue weighted by Gasteiger charge is -2.04. The van der Waals surface area contributed by atoms with Crippen molar-refractivity contribution >= 4 is 11.6 Å². The van der Waals surface area contributed by atoms with Crippen molar-refractivity contribution in [2.45, 2.75) is 26.0 Å². The van der Waals surface area contributed by atoms with Gasteiger partial charge < -0.3 is 9.67 Å². The van der Waals surface area contributed by atoms with E-state index in [-0.39, 0.29) is 6.10 Å². The number of allylic oxidation sites excluding steroid dienone is 1. The quantitative estimate of drug-likeness (QED) is 0.793. The van der Waals surface area contributed by atoms with Crippen molar-refractivity contribution in [1.82, 2.24) is 4.57 Å². The zero-order valence-electron chi connectivity index (χ0n) is 7.70. The van der Waals surface area contributed by atoms with Gasteiger partial charge in [-0.15, -0.1) is 0 Å². The third kappa shape index (κ3) is 2.90. The van der Waals surface area contributed by atoms with Gasteiger partial charge in [0.25, 0.3) is 0 Å². The van der Waals surface area contributed by atoms with Crippen LogP contribution in [0.3, 0.4) is 0 Å². The number of nitrogens with zero attached hydrogens (tertiary/aromatic N) is 1. The highest BCUT2D eigenvalue weighted by Crippen LogP contribution is 2.16. The predicted octanol–water partition coefficient (Wildman–Crippen LogP) is 2.68. The first-order valence-electron chi connectivity index (χ1n) is 4.30. The van der Waals surface area contributed by atoms with Gasteiger partial charge in [0, 0.05) is 17.4 Å². The largest absolute Gasteiger partial charge is 0.388 e. The third-order valence-electron chi connectivity index (χ3n) is 1.90. The average molecular weight is 200 g/mol. The molecule has 1 aromatic rings. The molecule has 2 nitrogen and oxygen atoms in total. The molecular weight excluding hydrogens is 186 g/mol. The van der Waals surface area contributed by atoms with Crippen LogP contribution in [0.2, 0.25) is 0 Å². The molecule has 1 unspecified atom stereocenters. The Balaban J connectivity index is 2.68. The molecule has 1 heterocycles. The van der Waals surface area contributed by atoms with Crippen LogP contribution in [-0.2, 0) is 6.54 Å². The number of aromatic nitrogens is 1. The molecule has 13 heavy (non-hydrogen) atoms. The van der Waals surface area contributed by atoms with E-state index in [9.17, 15) is 5.11 Å². The Bertz CT molecular complexity index is 293. The second-order valence-electron chi connectivity index (χ2n) is 3.06. The highest BCUT2D eigenvalue weighted by Gasteiger charge is 2.05. The van der Waals surface area contributed by atoms with Gasteiger partial charge in [0.05, 0.1) is 12.6 Å². The summed E-state index contributed by atoms with van der Waals surface area (Å²) in [6.07, 6.45) is 4.14. The van der Waals surface area contributed by atoms with Crippen LogP contribution in [0.25, 0.3) is 0 Å². The van der Waals surface area contributed by atoms with Gasteiger partial charge in [-0.3, -0.25) is 0 Å². The van der Waals surface area contributed by atoms with Crippen LogP contribution in [-0.4, -0.2) is 9.67 Å². The Labute approximate surface area is 83.4 Å². The molecule has 0 amide bonds. The SMILES string of the molecule is C=C(Cl)Cn1ccc(C(O)CC)c1. The van der Waals surface area contributed by atoms with Gasteiger partial charge in [0.1, 0.15) is 0 Å². The van der Waals surface area contributed by atoms with E-state index in [0.717, 1.165) is 12.0 Å². The molecule has 0 radical (unpaired) electrons. The highest BCUT2D eigenvalue weighted by molar-refractivity contribution is 6.29. The minimum Gasteiger partial charge on any atom is -0.388 e. The molecule has 1 rings (SSSR count). The van der Waals surface area contributed by atoms with Crippen LogP contribution in [0.1, 0.15) is 25.0 Å². The Hall–Kier alpha value is -0.730. The summed E-state index contributed by atoms with van der Waals surface area (Å²) in [7, 11) is 0. The number of hydrogen-bond donors (Lipinski definition) is 1. The predicted molar refractivity (Wildman–Crippen MR) is 54.7 cm³/mol. The number of hydrogen-bond acceptors (Lipinski definition) is 1. The van der Waals surface area contributed by atoms with Gasteiger partial charge in [-0.05, 0) is 18.1 Å². The molecule has 0 aromatic carbocycles. The zero-order valence-corrected chi connectivity index (χ0v) is 8.46. The third-order valence-corrected chi connectivity index (χ3v) is 2.02. The maximum absolute atomic E-state index is 9.51. The summed E-state index contributed by atoms with van der Waals surface area (Å²) in [5.41, 5.74) is 0.931. The molecule has 0 saturated heterocycles. The van der Waals surface area contributed by atoms with E-state index in [1.54, 1.807) is 0 Å². The summed E-state index contributed by atoms with van der Waals surface area (Å²) in [6.45, 7) is 6.15. The molecule has 1 atom stereocenters. The van der Waals surface area contributed by atoms with Gasteiger partial charge in [-0.1, -0.05) is 25.1 Å². The van der Waals surface area contributed by atoms with Gasteiger partial charge in [-0.2, -0.15) is 0 Å². The van der Waals surface area contributed by atoms with Crippen molar-refractivity contribution in [3.05, 3.63) is 35.6 Å². The van der Waals surface area contributed by atoms with Crippen LogP contribution < -0.4 is 0 Å². The summed E-state index contributed by atoms with van der Waals surface area (Å²) >= 11 is 5.66. The van der Waals surface area contributed by atoms with E-state index in [4.69, 9.17) is 11.6 Å². The molecular formula is C10H14ClNO. The standard InChI is InChI=1S/C10H14ClNO/c1-3-10(13)9-4-5-12(7-9)6-8(2)11/h4-5,7,10,13H,2-3,6H2,1H3. The summed E-state index contributed by atoms with van der Waals surface area (Å²) < 4.78 is 1.91. The van der Waals surface area contributed by atoms with Gasteiger partial charge in [-0.25, -0.2) is 0 Å². The first-order valence-corrected chi connectivity index (χ1v) is 4.68. The number of halogens is 1. The maximum atomic E-state index is 9.51. The molecule has 0 aliphatic carbocycles. The van der Waals surface area contributed by atoms with E-state index >= 15 is 0 Å². The fraction of sp³-hybridized carbons (Fsp3) is 0.400. The highest BCUT2D eigenvalue weighted by atomic mass is 35.5. The molecule has 0 saturated carbocycles. The minimum absolute atomic E-state index is 0.371. The molecule has 0 fully saturated rings. The number of aliphatic hydroxyl groups excluding tert-OH is 1. The molecule has 0 aliphatic heterocycles. The maximum Gasteiger partial charge on any atom is 0.0802 e. The van der Waals surface area contributed by atoms with E-state index in [1.165, 1.54) is 0 Å². The Morgan fingerprint density at radius 1 is 1.77 bits per heavy atom. The Morgan fingerprint density at radius 2 is 2.46 bits per heavy atom. The second kappa shape index (κ2) is 4.49. The van der Waals surface area contributed by atoms with E-state index in [0.29, 0.717) is 11.6 Å². The fourth-order valence-corrected chi connectivity index (χ4v) is 1.33. The summed E-state index contributed by atoms with van der Waals surface area (Å²) in [6, 6.07) is 1.90. The van der Waals surface area contributed by atoms with Crippen LogP contribution in [0.4, 0.5) is 0 Å². The van der Waals surface area contributed by atoms with Crippen LogP contribution in [0.15, 0.2) is 30.1 Å². The van der Waals surface area contributed by atoms with Crippen LogP contribution in [0, 0.1) is 0 Å². The number of rotatable bonds is 4. The monoisotopic (exact) mass is 199 g/mol. The lowest BCUT2D eigenvalue weighted by atomic mass is 10.1. The molecule has 0 bridgehead atoms. The van der Waals surface area contributed by atoms with Crippen molar-refractivity contribution in [2.75, 3.05) is 0 Å². The van der Waals surface area contributed by atoms with Gasteiger partial charge in [0.2, 0.25) is 0 Å². The van der Waals surface area contributed by atoms with Gasteiger partial charge >= 0.3 is 0 Å². The van der Waals surface area contributed by atoms with Crippen LogP contribution >= 0.6 is 11.6 Å².